The Kier molecular flexibility index (Phi) is 7.43. The largest absolute Gasteiger partial charge is 0.490 e. The third-order valence-electron chi connectivity index (χ3n) is 5.12. The molecule has 4 nitrogen and oxygen atoms in total. The second-order valence-electron chi connectivity index (χ2n) is 7.24. The van der Waals surface area contributed by atoms with Gasteiger partial charge >= 0.3 is 0 Å². The van der Waals surface area contributed by atoms with Crippen molar-refractivity contribution in [3.8, 4) is 5.75 Å². The van der Waals surface area contributed by atoms with Crippen LogP contribution in [0, 0.1) is 5.82 Å². The molecule has 0 unspecified atom stereocenters. The second kappa shape index (κ2) is 10.2. The quantitative estimate of drug-likeness (QED) is 0.672. The Morgan fingerprint density at radius 2 is 1.79 bits per heavy atom. The fourth-order valence-corrected chi connectivity index (χ4v) is 3.55. The number of para-hydroxylation sites is 1. The lowest BCUT2D eigenvalue weighted by molar-refractivity contribution is -0.118. The van der Waals surface area contributed by atoms with Crippen molar-refractivity contribution in [3.63, 3.8) is 0 Å². The van der Waals surface area contributed by atoms with Crippen LogP contribution in [0.25, 0.3) is 0 Å². The van der Waals surface area contributed by atoms with E-state index in [2.05, 4.69) is 4.90 Å². The molecule has 0 atom stereocenters. The van der Waals surface area contributed by atoms with Crippen LogP contribution in [0.5, 0.6) is 5.75 Å². The number of amides is 1. The number of ether oxygens (including phenoxy) is 1. The average molecular weight is 384 g/mol. The summed E-state index contributed by atoms with van der Waals surface area (Å²) < 4.78 is 19.3. The summed E-state index contributed by atoms with van der Waals surface area (Å²) >= 11 is 0. The third kappa shape index (κ3) is 5.80. The lowest BCUT2D eigenvalue weighted by Crippen LogP contribution is -2.43. The fraction of sp³-hybridized carbons (Fsp3) is 0.435. The van der Waals surface area contributed by atoms with Crippen LogP contribution in [0.15, 0.2) is 54.6 Å². The van der Waals surface area contributed by atoms with E-state index >= 15 is 0 Å². The summed E-state index contributed by atoms with van der Waals surface area (Å²) in [6, 6.07) is 16.1. The summed E-state index contributed by atoms with van der Waals surface area (Å²) in [7, 11) is 0. The molecule has 1 saturated heterocycles. The molecule has 1 heterocycles. The standard InChI is InChI=1S/C23H29FN2O2/c1-2-6-23(27)26(20-11-9-19(24)10-12-20)18-17-25-15-13-22(14-16-25)28-21-7-4-3-5-8-21/h3-5,7-12,22H,2,6,13-18H2,1H3. The van der Waals surface area contributed by atoms with Gasteiger partial charge in [-0.25, -0.2) is 4.39 Å². The van der Waals surface area contributed by atoms with Crippen molar-refractivity contribution in [2.45, 2.75) is 38.7 Å². The molecule has 1 aliphatic rings. The number of carbonyl (C=O) groups is 1. The van der Waals surface area contributed by atoms with E-state index in [9.17, 15) is 9.18 Å². The summed E-state index contributed by atoms with van der Waals surface area (Å²) in [5, 5.41) is 0. The number of carbonyl (C=O) groups excluding carboxylic acids is 1. The van der Waals surface area contributed by atoms with Crippen molar-refractivity contribution in [1.82, 2.24) is 4.90 Å². The van der Waals surface area contributed by atoms with Crippen molar-refractivity contribution >= 4 is 11.6 Å². The van der Waals surface area contributed by atoms with Gasteiger partial charge in [0.25, 0.3) is 0 Å². The first-order valence-corrected chi connectivity index (χ1v) is 10.2. The number of hydrogen-bond donors (Lipinski definition) is 0. The first-order valence-electron chi connectivity index (χ1n) is 10.2. The zero-order valence-electron chi connectivity index (χ0n) is 16.5. The van der Waals surface area contributed by atoms with Crippen molar-refractivity contribution in [3.05, 3.63) is 60.4 Å². The van der Waals surface area contributed by atoms with Crippen LogP contribution in [-0.2, 0) is 4.79 Å². The second-order valence-corrected chi connectivity index (χ2v) is 7.24. The van der Waals surface area contributed by atoms with Gasteiger partial charge in [0.1, 0.15) is 17.7 Å². The minimum atomic E-state index is -0.285. The zero-order chi connectivity index (χ0) is 19.8. The van der Waals surface area contributed by atoms with E-state index in [0.29, 0.717) is 13.0 Å². The van der Waals surface area contributed by atoms with Gasteiger partial charge in [0.15, 0.2) is 0 Å². The maximum Gasteiger partial charge on any atom is 0.227 e. The lowest BCUT2D eigenvalue weighted by atomic mass is 10.1. The summed E-state index contributed by atoms with van der Waals surface area (Å²) in [6.45, 7) is 5.34. The molecule has 5 heteroatoms. The predicted molar refractivity (Wildman–Crippen MR) is 110 cm³/mol. The number of piperidine rings is 1. The molecule has 1 fully saturated rings. The minimum absolute atomic E-state index is 0.0939. The maximum atomic E-state index is 13.2. The Labute approximate surface area is 166 Å². The van der Waals surface area contributed by atoms with Crippen LogP contribution in [0.3, 0.4) is 0 Å². The van der Waals surface area contributed by atoms with E-state index in [1.807, 2.05) is 37.3 Å². The van der Waals surface area contributed by atoms with E-state index in [1.165, 1.54) is 12.1 Å². The molecule has 1 amide bonds. The normalized spacial score (nSPS) is 15.4. The van der Waals surface area contributed by atoms with E-state index in [1.54, 1.807) is 17.0 Å². The predicted octanol–water partition coefficient (Wildman–Crippen LogP) is 4.50. The van der Waals surface area contributed by atoms with Gasteiger partial charge in [-0.2, -0.15) is 0 Å². The molecule has 150 valence electrons. The van der Waals surface area contributed by atoms with Crippen molar-refractivity contribution in [2.75, 3.05) is 31.1 Å². The third-order valence-corrected chi connectivity index (χ3v) is 5.12. The maximum absolute atomic E-state index is 13.2. The van der Waals surface area contributed by atoms with Crippen LogP contribution in [0.2, 0.25) is 0 Å². The number of anilines is 1. The first-order chi connectivity index (χ1) is 13.7. The van der Waals surface area contributed by atoms with Gasteiger partial charge in [0.2, 0.25) is 5.91 Å². The number of likely N-dealkylation sites (tertiary alicyclic amines) is 1. The molecule has 0 N–H and O–H groups in total. The molecule has 2 aromatic rings. The van der Waals surface area contributed by atoms with Crippen molar-refractivity contribution in [2.24, 2.45) is 0 Å². The van der Waals surface area contributed by atoms with Crippen molar-refractivity contribution in [1.29, 1.82) is 0 Å². The van der Waals surface area contributed by atoms with Gasteiger partial charge in [-0.05, 0) is 55.7 Å². The highest BCUT2D eigenvalue weighted by atomic mass is 19.1. The molecular formula is C23H29FN2O2. The Bertz CT molecular complexity index is 728. The highest BCUT2D eigenvalue weighted by Gasteiger charge is 2.22. The van der Waals surface area contributed by atoms with E-state index < -0.39 is 0 Å². The van der Waals surface area contributed by atoms with E-state index in [4.69, 9.17) is 4.74 Å². The highest BCUT2D eigenvalue weighted by Crippen LogP contribution is 2.20. The minimum Gasteiger partial charge on any atom is -0.490 e. The van der Waals surface area contributed by atoms with Gasteiger partial charge in [0.05, 0.1) is 0 Å². The lowest BCUT2D eigenvalue weighted by Gasteiger charge is -2.33. The van der Waals surface area contributed by atoms with Crippen LogP contribution in [0.4, 0.5) is 10.1 Å². The topological polar surface area (TPSA) is 32.8 Å². The number of nitrogens with zero attached hydrogens (tertiary/aromatic N) is 2. The molecule has 0 aromatic heterocycles. The van der Waals surface area contributed by atoms with Crippen LogP contribution >= 0.6 is 0 Å². The molecule has 2 aromatic carbocycles. The van der Waals surface area contributed by atoms with Crippen LogP contribution < -0.4 is 9.64 Å². The van der Waals surface area contributed by atoms with Crippen LogP contribution in [0.1, 0.15) is 32.6 Å². The van der Waals surface area contributed by atoms with Gasteiger partial charge in [-0.1, -0.05) is 25.1 Å². The van der Waals surface area contributed by atoms with E-state index in [0.717, 1.165) is 50.3 Å². The summed E-state index contributed by atoms with van der Waals surface area (Å²) in [4.78, 5) is 16.7. The molecule has 28 heavy (non-hydrogen) atoms. The molecule has 0 radical (unpaired) electrons. The van der Waals surface area contributed by atoms with Gasteiger partial charge < -0.3 is 14.5 Å². The molecule has 3 rings (SSSR count). The smallest absolute Gasteiger partial charge is 0.227 e. The van der Waals surface area contributed by atoms with Gasteiger partial charge in [-0.15, -0.1) is 0 Å². The molecule has 0 aliphatic carbocycles. The summed E-state index contributed by atoms with van der Waals surface area (Å²) in [6.07, 6.45) is 3.51. The zero-order valence-corrected chi connectivity index (χ0v) is 16.5. The molecule has 0 saturated carbocycles. The average Bonchev–Trinajstić information content (AvgIpc) is 2.72. The molecular weight excluding hydrogens is 355 g/mol. The Morgan fingerprint density at radius 3 is 2.43 bits per heavy atom. The Hall–Kier alpha value is -2.40. The molecule has 0 bridgehead atoms. The highest BCUT2D eigenvalue weighted by molar-refractivity contribution is 5.93. The van der Waals surface area contributed by atoms with Gasteiger partial charge in [-0.3, -0.25) is 4.79 Å². The number of hydrogen-bond acceptors (Lipinski definition) is 3. The summed E-state index contributed by atoms with van der Waals surface area (Å²) in [5.41, 5.74) is 0.766. The fourth-order valence-electron chi connectivity index (χ4n) is 3.55. The number of benzene rings is 2. The molecule has 0 spiro atoms. The Balaban J connectivity index is 1.51. The van der Waals surface area contributed by atoms with Crippen molar-refractivity contribution < 1.29 is 13.9 Å². The van der Waals surface area contributed by atoms with Crippen LogP contribution in [-0.4, -0.2) is 43.1 Å². The summed E-state index contributed by atoms with van der Waals surface area (Å²) in [5.74, 6) is 0.733. The monoisotopic (exact) mass is 384 g/mol. The number of halogens is 1. The Morgan fingerprint density at radius 1 is 1.11 bits per heavy atom. The number of rotatable bonds is 8. The van der Waals surface area contributed by atoms with Gasteiger partial charge in [0, 0.05) is 38.3 Å². The molecule has 1 aliphatic heterocycles. The first kappa shape index (κ1) is 20.3. The van der Waals surface area contributed by atoms with E-state index in [-0.39, 0.29) is 17.8 Å². The SMILES string of the molecule is CCCC(=O)N(CCN1CCC(Oc2ccccc2)CC1)c1ccc(F)cc1.